The van der Waals surface area contributed by atoms with E-state index < -0.39 is 21.9 Å². The Morgan fingerprint density at radius 3 is 2.19 bits per heavy atom. The summed E-state index contributed by atoms with van der Waals surface area (Å²) in [6.45, 7) is 3.74. The predicted molar refractivity (Wildman–Crippen MR) is 115 cm³/mol. The SMILES string of the molecule is CCN(c1ccccc1)S(=O)(=O)c1cc(N2C(=O)[C@@H]3[C@H](C2=O)[C@H]2CC[C@@H]3O2)ccc1C. The van der Waals surface area contributed by atoms with Gasteiger partial charge < -0.3 is 4.74 Å². The lowest BCUT2D eigenvalue weighted by atomic mass is 9.81. The highest BCUT2D eigenvalue weighted by molar-refractivity contribution is 7.92. The number of anilines is 2. The second-order valence-electron chi connectivity index (χ2n) is 8.31. The second-order valence-corrected chi connectivity index (χ2v) is 10.1. The third-order valence-corrected chi connectivity index (χ3v) is 8.66. The minimum Gasteiger partial charge on any atom is -0.373 e. The number of aryl methyl sites for hydroxylation is 1. The van der Waals surface area contributed by atoms with E-state index in [0.29, 0.717) is 16.9 Å². The summed E-state index contributed by atoms with van der Waals surface area (Å²) < 4.78 is 34.2. The molecule has 5 rings (SSSR count). The van der Waals surface area contributed by atoms with Crippen LogP contribution in [0.15, 0.2) is 53.4 Å². The molecule has 3 aliphatic rings. The van der Waals surface area contributed by atoms with Crippen molar-refractivity contribution in [3.05, 3.63) is 54.1 Å². The molecular weight excluding hydrogens is 416 g/mol. The fourth-order valence-electron chi connectivity index (χ4n) is 5.18. The maximum Gasteiger partial charge on any atom is 0.264 e. The summed E-state index contributed by atoms with van der Waals surface area (Å²) >= 11 is 0. The summed E-state index contributed by atoms with van der Waals surface area (Å²) in [4.78, 5) is 27.5. The summed E-state index contributed by atoms with van der Waals surface area (Å²) in [6, 6.07) is 13.6. The van der Waals surface area contributed by atoms with Crippen LogP contribution in [-0.2, 0) is 24.3 Å². The molecule has 8 heteroatoms. The van der Waals surface area contributed by atoms with Gasteiger partial charge in [-0.1, -0.05) is 24.3 Å². The van der Waals surface area contributed by atoms with E-state index in [9.17, 15) is 18.0 Å². The molecule has 0 saturated carbocycles. The van der Waals surface area contributed by atoms with Crippen LogP contribution in [0, 0.1) is 18.8 Å². The second kappa shape index (κ2) is 7.17. The Kier molecular flexibility index (Phi) is 4.67. The van der Waals surface area contributed by atoms with E-state index >= 15 is 0 Å². The topological polar surface area (TPSA) is 84.0 Å². The smallest absolute Gasteiger partial charge is 0.264 e. The molecule has 0 unspecified atom stereocenters. The number of fused-ring (bicyclic) bond motifs is 5. The molecular formula is C23H24N2O5S. The van der Waals surface area contributed by atoms with Crippen molar-refractivity contribution in [3.8, 4) is 0 Å². The van der Waals surface area contributed by atoms with Gasteiger partial charge >= 0.3 is 0 Å². The number of nitrogens with zero attached hydrogens (tertiary/aromatic N) is 2. The van der Waals surface area contributed by atoms with Crippen molar-refractivity contribution in [2.45, 2.75) is 43.8 Å². The quantitative estimate of drug-likeness (QED) is 0.668. The van der Waals surface area contributed by atoms with E-state index in [0.717, 1.165) is 12.8 Å². The molecule has 0 spiro atoms. The van der Waals surface area contributed by atoms with Gasteiger partial charge in [0.25, 0.3) is 10.0 Å². The zero-order chi connectivity index (χ0) is 21.9. The van der Waals surface area contributed by atoms with Crippen LogP contribution in [0.5, 0.6) is 0 Å². The number of rotatable bonds is 5. The standard InChI is InChI=1S/C23H24N2O5S/c1-3-24(15-7-5-4-6-8-15)31(28,29)19-13-16(10-9-14(19)2)25-22(26)20-17-11-12-18(30-17)21(20)23(25)27/h4-10,13,17-18,20-21H,3,11-12H2,1-2H3/t17-,18+,20-,21+. The monoisotopic (exact) mass is 440 g/mol. The van der Waals surface area contributed by atoms with Crippen LogP contribution in [0.2, 0.25) is 0 Å². The van der Waals surface area contributed by atoms with Gasteiger partial charge in [0.2, 0.25) is 11.8 Å². The van der Waals surface area contributed by atoms with E-state index in [-0.39, 0.29) is 35.5 Å². The van der Waals surface area contributed by atoms with Crippen molar-refractivity contribution in [1.82, 2.24) is 0 Å². The highest BCUT2D eigenvalue weighted by Gasteiger charge is 2.62. The summed E-state index contributed by atoms with van der Waals surface area (Å²) in [7, 11) is -3.89. The van der Waals surface area contributed by atoms with E-state index in [4.69, 9.17) is 4.74 Å². The van der Waals surface area contributed by atoms with Gasteiger partial charge in [-0.3, -0.25) is 13.9 Å². The van der Waals surface area contributed by atoms with Crippen LogP contribution < -0.4 is 9.21 Å². The molecule has 0 aliphatic carbocycles. The van der Waals surface area contributed by atoms with Gasteiger partial charge in [0, 0.05) is 6.54 Å². The van der Waals surface area contributed by atoms with Gasteiger partial charge in [-0.05, 0) is 56.5 Å². The summed E-state index contributed by atoms with van der Waals surface area (Å²) in [5, 5.41) is 0. The van der Waals surface area contributed by atoms with Crippen molar-refractivity contribution in [2.24, 2.45) is 11.8 Å². The molecule has 0 N–H and O–H groups in total. The van der Waals surface area contributed by atoms with Crippen LogP contribution in [0.25, 0.3) is 0 Å². The third kappa shape index (κ3) is 2.92. The van der Waals surface area contributed by atoms with E-state index in [1.165, 1.54) is 15.3 Å². The zero-order valence-electron chi connectivity index (χ0n) is 17.4. The highest BCUT2D eigenvalue weighted by atomic mass is 32.2. The molecule has 3 aliphatic heterocycles. The molecule has 3 fully saturated rings. The maximum absolute atomic E-state index is 13.5. The molecule has 2 aromatic rings. The van der Waals surface area contributed by atoms with Crippen LogP contribution in [0.3, 0.4) is 0 Å². The Morgan fingerprint density at radius 1 is 1.00 bits per heavy atom. The first-order valence-corrected chi connectivity index (χ1v) is 12.0. The number of para-hydroxylation sites is 1. The van der Waals surface area contributed by atoms with Gasteiger partial charge in [-0.2, -0.15) is 0 Å². The minimum atomic E-state index is -3.89. The van der Waals surface area contributed by atoms with Crippen LogP contribution >= 0.6 is 0 Å². The molecule has 0 aromatic heterocycles. The molecule has 2 aromatic carbocycles. The molecule has 0 radical (unpaired) electrons. The van der Waals surface area contributed by atoms with Crippen molar-refractivity contribution in [1.29, 1.82) is 0 Å². The molecule has 31 heavy (non-hydrogen) atoms. The van der Waals surface area contributed by atoms with Gasteiger partial charge in [-0.15, -0.1) is 0 Å². The fraction of sp³-hybridized carbons (Fsp3) is 0.391. The summed E-state index contributed by atoms with van der Waals surface area (Å²) in [5.74, 6) is -1.48. The zero-order valence-corrected chi connectivity index (χ0v) is 18.2. The Morgan fingerprint density at radius 2 is 1.61 bits per heavy atom. The molecule has 2 amide bonds. The number of ether oxygens (including phenoxy) is 1. The molecule has 3 heterocycles. The number of hydrogen-bond donors (Lipinski definition) is 0. The first-order chi connectivity index (χ1) is 14.8. The van der Waals surface area contributed by atoms with Gasteiger partial charge in [0.05, 0.1) is 40.3 Å². The lowest BCUT2D eigenvalue weighted by Crippen LogP contribution is -2.35. The van der Waals surface area contributed by atoms with Crippen LogP contribution in [-0.4, -0.2) is 39.0 Å². The van der Waals surface area contributed by atoms with E-state index in [1.807, 2.05) is 6.07 Å². The number of carbonyl (C=O) groups excluding carboxylic acids is 2. The third-order valence-electron chi connectivity index (χ3n) is 6.61. The molecule has 4 atom stereocenters. The average Bonchev–Trinajstić information content (AvgIpc) is 3.43. The summed E-state index contributed by atoms with van der Waals surface area (Å²) in [5.41, 5.74) is 1.42. The molecule has 7 nitrogen and oxygen atoms in total. The van der Waals surface area contributed by atoms with Gasteiger partial charge in [0.1, 0.15) is 0 Å². The van der Waals surface area contributed by atoms with E-state index in [1.54, 1.807) is 50.2 Å². The number of imide groups is 1. The Balaban J connectivity index is 1.54. The minimum absolute atomic E-state index is 0.0904. The predicted octanol–water partition coefficient (Wildman–Crippen LogP) is 2.88. The van der Waals surface area contributed by atoms with E-state index in [2.05, 4.69) is 0 Å². The highest BCUT2D eigenvalue weighted by Crippen LogP contribution is 2.49. The van der Waals surface area contributed by atoms with Crippen molar-refractivity contribution in [2.75, 3.05) is 15.7 Å². The molecule has 2 bridgehead atoms. The van der Waals surface area contributed by atoms with Crippen molar-refractivity contribution >= 4 is 33.2 Å². The summed E-state index contributed by atoms with van der Waals surface area (Å²) in [6.07, 6.45) is 1.15. The lowest BCUT2D eigenvalue weighted by molar-refractivity contribution is -0.124. The van der Waals surface area contributed by atoms with Crippen molar-refractivity contribution in [3.63, 3.8) is 0 Å². The Hall–Kier alpha value is -2.71. The molecule has 162 valence electrons. The van der Waals surface area contributed by atoms with Crippen LogP contribution in [0.4, 0.5) is 11.4 Å². The Labute approximate surface area is 181 Å². The molecule has 3 saturated heterocycles. The number of hydrogen-bond acceptors (Lipinski definition) is 5. The first-order valence-electron chi connectivity index (χ1n) is 10.6. The van der Waals surface area contributed by atoms with Gasteiger partial charge in [0.15, 0.2) is 0 Å². The number of carbonyl (C=O) groups is 2. The normalized spacial score (nSPS) is 27.1. The average molecular weight is 441 g/mol. The number of amides is 2. The largest absolute Gasteiger partial charge is 0.373 e. The fourth-order valence-corrected chi connectivity index (χ4v) is 6.90. The van der Waals surface area contributed by atoms with Crippen molar-refractivity contribution < 1.29 is 22.7 Å². The van der Waals surface area contributed by atoms with Crippen LogP contribution in [0.1, 0.15) is 25.3 Å². The Bertz CT molecular complexity index is 1140. The first kappa shape index (κ1) is 20.2. The maximum atomic E-state index is 13.5. The van der Waals surface area contributed by atoms with Gasteiger partial charge in [-0.25, -0.2) is 13.3 Å². The number of sulfonamides is 1. The lowest BCUT2D eigenvalue weighted by Gasteiger charge is -2.25. The number of benzene rings is 2.